The Kier molecular flexibility index (Phi) is 11.0. The summed E-state index contributed by atoms with van der Waals surface area (Å²) in [5.41, 5.74) is 2.74. The van der Waals surface area contributed by atoms with Crippen LogP contribution in [0.1, 0.15) is 16.7 Å². The van der Waals surface area contributed by atoms with Crippen molar-refractivity contribution in [2.45, 2.75) is 30.4 Å². The molecule has 0 spiro atoms. The second-order valence-corrected chi connectivity index (χ2v) is 12.6. The lowest BCUT2D eigenvalue weighted by Gasteiger charge is -2.31. The second kappa shape index (κ2) is 15.5. The first-order chi connectivity index (χ1) is 21.9. The highest BCUT2D eigenvalue weighted by atomic mass is 32.2. The van der Waals surface area contributed by atoms with E-state index in [2.05, 4.69) is 5.32 Å². The van der Waals surface area contributed by atoms with Crippen molar-refractivity contribution in [3.63, 3.8) is 0 Å². The molecule has 1 heterocycles. The van der Waals surface area contributed by atoms with E-state index < -0.39 is 16.1 Å². The molecule has 234 valence electrons. The zero-order valence-corrected chi connectivity index (χ0v) is 25.8. The topological polar surface area (TPSA) is 105 Å². The molecule has 45 heavy (non-hydrogen) atoms. The van der Waals surface area contributed by atoms with E-state index in [0.717, 1.165) is 16.7 Å². The third kappa shape index (κ3) is 8.78. The maximum absolute atomic E-state index is 13.9. The molecule has 0 saturated carbocycles. The van der Waals surface area contributed by atoms with Gasteiger partial charge in [-0.2, -0.15) is 4.31 Å². The number of hydrogen-bond donors (Lipinski definition) is 1. The minimum absolute atomic E-state index is 0.145. The number of nitrogens with one attached hydrogen (secondary N) is 1. The van der Waals surface area contributed by atoms with Crippen LogP contribution in [-0.2, 0) is 43.9 Å². The molecular weight excluding hydrogens is 590 g/mol. The first-order valence-corrected chi connectivity index (χ1v) is 16.3. The molecule has 4 aromatic carbocycles. The van der Waals surface area contributed by atoms with E-state index in [4.69, 9.17) is 9.47 Å². The highest BCUT2D eigenvalue weighted by Gasteiger charge is 2.31. The highest BCUT2D eigenvalue weighted by molar-refractivity contribution is 7.89. The maximum Gasteiger partial charge on any atom is 0.261 e. The molecule has 0 bridgehead atoms. The van der Waals surface area contributed by atoms with Gasteiger partial charge in [0.25, 0.3) is 5.91 Å². The Hall–Kier alpha value is -4.51. The molecule has 0 radical (unpaired) electrons. The van der Waals surface area contributed by atoms with E-state index in [1.165, 1.54) is 28.6 Å². The molecule has 1 saturated heterocycles. The molecule has 5 rings (SSSR count). The largest absolute Gasteiger partial charge is 0.484 e. The Bertz CT molecular complexity index is 1630. The predicted octanol–water partition coefficient (Wildman–Crippen LogP) is 4.04. The van der Waals surface area contributed by atoms with Gasteiger partial charge in [0.2, 0.25) is 15.9 Å². The third-order valence-electron chi connectivity index (χ3n) is 7.57. The van der Waals surface area contributed by atoms with E-state index in [-0.39, 0.29) is 29.9 Å². The predicted molar refractivity (Wildman–Crippen MR) is 171 cm³/mol. The number of rotatable bonds is 13. The summed E-state index contributed by atoms with van der Waals surface area (Å²) in [5, 5.41) is 3.02. The van der Waals surface area contributed by atoms with Crippen LogP contribution in [0.25, 0.3) is 0 Å². The lowest BCUT2D eigenvalue weighted by Crippen LogP contribution is -2.51. The number of ether oxygens (including phenoxy) is 2. The Morgan fingerprint density at radius 1 is 0.778 bits per heavy atom. The summed E-state index contributed by atoms with van der Waals surface area (Å²) < 4.78 is 38.5. The maximum atomic E-state index is 13.9. The van der Waals surface area contributed by atoms with Gasteiger partial charge in [0, 0.05) is 32.6 Å². The molecule has 0 aliphatic carbocycles. The lowest BCUT2D eigenvalue weighted by atomic mass is 10.0. The molecule has 2 amide bonds. The van der Waals surface area contributed by atoms with Crippen LogP contribution in [0.3, 0.4) is 0 Å². The van der Waals surface area contributed by atoms with Gasteiger partial charge in [0.15, 0.2) is 6.61 Å². The van der Waals surface area contributed by atoms with Gasteiger partial charge in [0.05, 0.1) is 18.1 Å². The van der Waals surface area contributed by atoms with Gasteiger partial charge >= 0.3 is 0 Å². The van der Waals surface area contributed by atoms with Gasteiger partial charge in [-0.1, -0.05) is 91.0 Å². The van der Waals surface area contributed by atoms with E-state index in [1.54, 1.807) is 4.90 Å². The quantitative estimate of drug-likeness (QED) is 0.240. The van der Waals surface area contributed by atoms with Crippen molar-refractivity contribution in [1.82, 2.24) is 14.5 Å². The summed E-state index contributed by atoms with van der Waals surface area (Å²) >= 11 is 0. The van der Waals surface area contributed by atoms with Gasteiger partial charge in [-0.05, 0) is 41.0 Å². The minimum Gasteiger partial charge on any atom is -0.484 e. The normalized spacial score (nSPS) is 14.3. The van der Waals surface area contributed by atoms with Crippen molar-refractivity contribution in [2.24, 2.45) is 0 Å². The molecule has 1 fully saturated rings. The second-order valence-electron chi connectivity index (χ2n) is 10.7. The van der Waals surface area contributed by atoms with Crippen molar-refractivity contribution in [1.29, 1.82) is 0 Å². The van der Waals surface area contributed by atoms with Crippen LogP contribution in [0.5, 0.6) is 5.75 Å². The van der Waals surface area contributed by atoms with Crippen molar-refractivity contribution >= 4 is 21.8 Å². The van der Waals surface area contributed by atoms with Crippen molar-refractivity contribution in [3.05, 3.63) is 132 Å². The van der Waals surface area contributed by atoms with E-state index in [9.17, 15) is 18.0 Å². The van der Waals surface area contributed by atoms with E-state index in [0.29, 0.717) is 45.0 Å². The fourth-order valence-corrected chi connectivity index (χ4v) is 6.52. The van der Waals surface area contributed by atoms with Gasteiger partial charge < -0.3 is 19.7 Å². The standard InChI is InChI=1S/C35H37N3O6S/c39-34(27-44-31-16-18-32(19-17-31)45(41,42)37-20-22-43-23-21-37)38(26-30-14-8-3-9-15-30)33(24-28-10-4-1-5-11-28)35(40)36-25-29-12-6-2-7-13-29/h1-19,33H,20-27H2,(H,36,40)/t33-/m1/s1. The molecule has 1 aliphatic rings. The lowest BCUT2D eigenvalue weighted by molar-refractivity contribution is -0.142. The number of amides is 2. The zero-order chi connectivity index (χ0) is 31.5. The number of nitrogens with zero attached hydrogens (tertiary/aromatic N) is 2. The fraction of sp³-hybridized carbons (Fsp3) is 0.257. The van der Waals surface area contributed by atoms with Crippen LogP contribution < -0.4 is 10.1 Å². The molecule has 0 unspecified atom stereocenters. The Morgan fingerprint density at radius 3 is 1.93 bits per heavy atom. The van der Waals surface area contributed by atoms with Crippen molar-refractivity contribution < 1.29 is 27.5 Å². The monoisotopic (exact) mass is 627 g/mol. The summed E-state index contributed by atoms with van der Waals surface area (Å²) in [5.74, 6) is -0.304. The smallest absolute Gasteiger partial charge is 0.261 e. The molecular formula is C35H37N3O6S. The molecule has 9 nitrogen and oxygen atoms in total. The van der Waals surface area contributed by atoms with E-state index >= 15 is 0 Å². The SMILES string of the molecule is O=C(NCc1ccccc1)[C@@H](Cc1ccccc1)N(Cc1ccccc1)C(=O)COc1ccc(S(=O)(=O)N2CCOCC2)cc1. The first-order valence-electron chi connectivity index (χ1n) is 14.9. The first kappa shape index (κ1) is 31.9. The molecule has 0 aromatic heterocycles. The van der Waals surface area contributed by atoms with Crippen LogP contribution >= 0.6 is 0 Å². The fourth-order valence-electron chi connectivity index (χ4n) is 5.11. The molecule has 4 aromatic rings. The van der Waals surface area contributed by atoms with Crippen LogP contribution in [0.2, 0.25) is 0 Å². The van der Waals surface area contributed by atoms with E-state index in [1.807, 2.05) is 91.0 Å². The van der Waals surface area contributed by atoms with Crippen molar-refractivity contribution in [2.75, 3.05) is 32.9 Å². The van der Waals surface area contributed by atoms with Gasteiger partial charge in [0.1, 0.15) is 11.8 Å². The Morgan fingerprint density at radius 2 is 1.33 bits per heavy atom. The van der Waals surface area contributed by atoms with Crippen LogP contribution in [0.4, 0.5) is 0 Å². The number of benzene rings is 4. The molecule has 1 atom stereocenters. The average Bonchev–Trinajstić information content (AvgIpc) is 3.09. The van der Waals surface area contributed by atoms with Crippen LogP contribution in [0.15, 0.2) is 120 Å². The molecule has 1 aliphatic heterocycles. The van der Waals surface area contributed by atoms with Gasteiger partial charge in [-0.3, -0.25) is 9.59 Å². The van der Waals surface area contributed by atoms with Gasteiger partial charge in [-0.15, -0.1) is 0 Å². The number of carbonyl (C=O) groups excluding carboxylic acids is 2. The zero-order valence-electron chi connectivity index (χ0n) is 25.0. The Labute approximate surface area is 264 Å². The summed E-state index contributed by atoms with van der Waals surface area (Å²) in [6.45, 7) is 1.52. The highest BCUT2D eigenvalue weighted by Crippen LogP contribution is 2.21. The number of carbonyl (C=O) groups is 2. The summed E-state index contributed by atoms with van der Waals surface area (Å²) in [7, 11) is -3.66. The van der Waals surface area contributed by atoms with Crippen LogP contribution in [0, 0.1) is 0 Å². The average molecular weight is 628 g/mol. The Balaban J connectivity index is 1.34. The number of hydrogen-bond acceptors (Lipinski definition) is 6. The summed E-state index contributed by atoms with van der Waals surface area (Å²) in [4.78, 5) is 29.3. The minimum atomic E-state index is -3.66. The van der Waals surface area contributed by atoms with Crippen LogP contribution in [-0.4, -0.2) is 68.4 Å². The molecule has 1 N–H and O–H groups in total. The van der Waals surface area contributed by atoms with Gasteiger partial charge in [-0.25, -0.2) is 8.42 Å². The number of sulfonamides is 1. The summed E-state index contributed by atoms with van der Waals surface area (Å²) in [6, 6.07) is 33.9. The van der Waals surface area contributed by atoms with Crippen molar-refractivity contribution in [3.8, 4) is 5.75 Å². The number of morpholine rings is 1. The summed E-state index contributed by atoms with van der Waals surface area (Å²) in [6.07, 6.45) is 0.314. The third-order valence-corrected chi connectivity index (χ3v) is 9.48. The molecule has 10 heteroatoms.